The molecule has 0 aromatic rings. The average molecular weight is 330 g/mol. The van der Waals surface area contributed by atoms with Crippen molar-refractivity contribution in [2.45, 2.75) is 76.7 Å². The predicted molar refractivity (Wildman–Crippen MR) is 90.7 cm³/mol. The lowest BCUT2D eigenvalue weighted by molar-refractivity contribution is 0.0708. The van der Waals surface area contributed by atoms with Crippen LogP contribution in [-0.4, -0.2) is 43.4 Å². The van der Waals surface area contributed by atoms with Crippen molar-refractivity contribution in [2.24, 2.45) is 0 Å². The summed E-state index contributed by atoms with van der Waals surface area (Å²) in [5.41, 5.74) is 1.38. The van der Waals surface area contributed by atoms with Crippen LogP contribution >= 0.6 is 0 Å². The van der Waals surface area contributed by atoms with Crippen molar-refractivity contribution in [3.05, 3.63) is 11.6 Å². The summed E-state index contributed by atoms with van der Waals surface area (Å²) in [5.74, 6) is 0. The molecule has 1 fully saturated rings. The maximum atomic E-state index is 11.1. The van der Waals surface area contributed by atoms with Crippen LogP contribution in [-0.2, 0) is 4.43 Å². The zero-order valence-corrected chi connectivity index (χ0v) is 15.5. The Morgan fingerprint density at radius 3 is 2.36 bits per heavy atom. The Morgan fingerprint density at radius 2 is 2.00 bits per heavy atom. The van der Waals surface area contributed by atoms with Crippen LogP contribution in [0.5, 0.6) is 0 Å². The van der Waals surface area contributed by atoms with Gasteiger partial charge in [0, 0.05) is 0 Å². The van der Waals surface area contributed by atoms with Crippen LogP contribution in [0.4, 0.5) is 4.79 Å². The van der Waals surface area contributed by atoms with E-state index in [-0.39, 0.29) is 11.6 Å². The highest BCUT2D eigenvalue weighted by Crippen LogP contribution is 2.37. The summed E-state index contributed by atoms with van der Waals surface area (Å²) in [4.78, 5) is 11.1. The van der Waals surface area contributed by atoms with E-state index in [0.29, 0.717) is 6.42 Å². The van der Waals surface area contributed by atoms with Gasteiger partial charge in [-0.3, -0.25) is 0 Å². The second-order valence-electron chi connectivity index (χ2n) is 7.61. The first-order chi connectivity index (χ1) is 10.1. The van der Waals surface area contributed by atoms with Gasteiger partial charge in [0.05, 0.1) is 18.8 Å². The van der Waals surface area contributed by atoms with E-state index in [1.165, 1.54) is 12.0 Å². The molecular weight excluding hydrogens is 298 g/mol. The molecule has 0 aromatic carbocycles. The first-order valence-electron chi connectivity index (χ1n) is 8.03. The molecule has 2 atom stereocenters. The summed E-state index contributed by atoms with van der Waals surface area (Å²) < 4.78 is 6.23. The minimum absolute atomic E-state index is 0.0145. The second-order valence-corrected chi connectivity index (χ2v) is 12.4. The Balaban J connectivity index is 2.80. The summed E-state index contributed by atoms with van der Waals surface area (Å²) in [7, 11) is -2.07. The molecule has 0 aliphatic heterocycles. The van der Waals surface area contributed by atoms with Gasteiger partial charge in [0.1, 0.15) is 0 Å². The molecule has 0 spiro atoms. The molecule has 1 saturated carbocycles. The Morgan fingerprint density at radius 1 is 1.41 bits per heavy atom. The molecule has 6 heteroatoms. The molecule has 1 aliphatic rings. The van der Waals surface area contributed by atoms with Gasteiger partial charge >= 0.3 is 6.09 Å². The van der Waals surface area contributed by atoms with Gasteiger partial charge in [-0.1, -0.05) is 32.4 Å². The number of rotatable bonds is 7. The lowest BCUT2D eigenvalue weighted by Crippen LogP contribution is -2.52. The lowest BCUT2D eigenvalue weighted by atomic mass is 9.90. The van der Waals surface area contributed by atoms with E-state index in [0.717, 1.165) is 12.8 Å². The van der Waals surface area contributed by atoms with Crippen LogP contribution in [0, 0.1) is 0 Å². The quantitative estimate of drug-likeness (QED) is 0.493. The molecule has 22 heavy (non-hydrogen) atoms. The van der Waals surface area contributed by atoms with E-state index >= 15 is 0 Å². The molecule has 0 unspecified atom stereocenters. The van der Waals surface area contributed by atoms with Crippen LogP contribution in [0.3, 0.4) is 0 Å². The Kier molecular flexibility index (Phi) is 6.64. The minimum atomic E-state index is -2.07. The van der Waals surface area contributed by atoms with Crippen molar-refractivity contribution >= 4 is 14.4 Å². The molecule has 0 radical (unpaired) electrons. The highest BCUT2D eigenvalue weighted by Gasteiger charge is 2.40. The third kappa shape index (κ3) is 5.41. The molecule has 1 rings (SSSR count). The minimum Gasteiger partial charge on any atom is -0.465 e. The molecule has 0 heterocycles. The zero-order chi connectivity index (χ0) is 17.0. The highest BCUT2D eigenvalue weighted by atomic mass is 28.4. The number of carbonyl (C=O) groups is 1. The smallest absolute Gasteiger partial charge is 0.404 e. The summed E-state index contributed by atoms with van der Waals surface area (Å²) in [6.07, 6.45) is 4.51. The Hall–Kier alpha value is -0.853. The third-order valence-electron chi connectivity index (χ3n) is 4.85. The predicted octanol–water partition coefficient (Wildman–Crippen LogP) is 3.51. The fraction of sp³-hybridized carbons (Fsp3) is 0.812. The molecule has 0 saturated heterocycles. The molecule has 3 N–H and O–H groups in total. The third-order valence-corrected chi connectivity index (χ3v) is 9.35. The Labute approximate surface area is 134 Å². The van der Waals surface area contributed by atoms with Gasteiger partial charge in [0.15, 0.2) is 8.32 Å². The monoisotopic (exact) mass is 329 g/mol. The number of aliphatic hydroxyl groups is 1. The van der Waals surface area contributed by atoms with Crippen molar-refractivity contribution in [3.63, 3.8) is 0 Å². The summed E-state index contributed by atoms with van der Waals surface area (Å²) in [5, 5.41) is 21.3. The largest absolute Gasteiger partial charge is 0.465 e. The van der Waals surface area contributed by atoms with Gasteiger partial charge in [-0.05, 0) is 43.8 Å². The number of carboxylic acid groups (broad SMARTS) is 1. The van der Waals surface area contributed by atoms with Crippen molar-refractivity contribution in [1.82, 2.24) is 5.32 Å². The van der Waals surface area contributed by atoms with E-state index in [2.05, 4.69) is 45.3 Å². The number of allylic oxidation sites excluding steroid dienone is 1. The van der Waals surface area contributed by atoms with Crippen LogP contribution in [0.2, 0.25) is 18.1 Å². The molecule has 128 valence electrons. The number of hydrogen-bond donors (Lipinski definition) is 3. The van der Waals surface area contributed by atoms with Crippen LogP contribution in [0.1, 0.15) is 46.5 Å². The molecule has 0 bridgehead atoms. The zero-order valence-electron chi connectivity index (χ0n) is 14.5. The van der Waals surface area contributed by atoms with E-state index in [4.69, 9.17) is 9.53 Å². The van der Waals surface area contributed by atoms with Gasteiger partial charge in [-0.2, -0.15) is 0 Å². The van der Waals surface area contributed by atoms with Crippen LogP contribution in [0.15, 0.2) is 11.6 Å². The first kappa shape index (κ1) is 19.2. The summed E-state index contributed by atoms with van der Waals surface area (Å²) in [6.45, 7) is 10.4. The number of hydrogen-bond acceptors (Lipinski definition) is 3. The van der Waals surface area contributed by atoms with Crippen molar-refractivity contribution < 1.29 is 19.4 Å². The topological polar surface area (TPSA) is 78.8 Å². The van der Waals surface area contributed by atoms with E-state index in [1.807, 2.05) is 0 Å². The van der Waals surface area contributed by atoms with Gasteiger partial charge in [-0.15, -0.1) is 0 Å². The first-order valence-corrected chi connectivity index (χ1v) is 10.9. The fourth-order valence-electron chi connectivity index (χ4n) is 2.14. The molecule has 0 aromatic heterocycles. The van der Waals surface area contributed by atoms with Gasteiger partial charge < -0.3 is 20.0 Å². The maximum absolute atomic E-state index is 11.1. The number of aliphatic hydroxyl groups excluding tert-OH is 1. The van der Waals surface area contributed by atoms with Crippen LogP contribution in [0.25, 0.3) is 0 Å². The molecule has 5 nitrogen and oxygen atoms in total. The van der Waals surface area contributed by atoms with E-state index < -0.39 is 26.6 Å². The van der Waals surface area contributed by atoms with Gasteiger partial charge in [0.2, 0.25) is 0 Å². The normalized spacial score (nSPS) is 18.4. The maximum Gasteiger partial charge on any atom is 0.404 e. The standard InChI is InChI=1S/C16H31NO4Si/c1-16(2,3)22(4,5)21-14(11-18)13(17-15(19)20)10-9-12-7-6-8-12/h9,13-14,17-18H,6-8,10-11H2,1-5H3,(H,19,20)/t13-,14+/m0/s1. The second kappa shape index (κ2) is 7.61. The summed E-state index contributed by atoms with van der Waals surface area (Å²) >= 11 is 0. The fourth-order valence-corrected chi connectivity index (χ4v) is 3.49. The number of amides is 1. The van der Waals surface area contributed by atoms with Gasteiger partial charge in [-0.25, -0.2) is 4.79 Å². The van der Waals surface area contributed by atoms with E-state index in [9.17, 15) is 9.90 Å². The van der Waals surface area contributed by atoms with Gasteiger partial charge in [0.25, 0.3) is 0 Å². The molecular formula is C16H31NO4Si. The molecule has 1 aliphatic carbocycles. The lowest BCUT2D eigenvalue weighted by Gasteiger charge is -2.40. The Bertz CT molecular complexity index is 409. The molecule has 1 amide bonds. The van der Waals surface area contributed by atoms with Crippen LogP contribution < -0.4 is 5.32 Å². The summed E-state index contributed by atoms with van der Waals surface area (Å²) in [6, 6.07) is -0.412. The van der Waals surface area contributed by atoms with Crippen molar-refractivity contribution in [2.75, 3.05) is 6.61 Å². The van der Waals surface area contributed by atoms with E-state index in [1.54, 1.807) is 0 Å². The highest BCUT2D eigenvalue weighted by molar-refractivity contribution is 6.74. The SMILES string of the molecule is CC(C)(C)[Si](C)(C)O[C@H](CO)[C@H](CC=C1CCC1)NC(=O)O. The van der Waals surface area contributed by atoms with Crippen molar-refractivity contribution in [1.29, 1.82) is 0 Å². The van der Waals surface area contributed by atoms with Crippen molar-refractivity contribution in [3.8, 4) is 0 Å². The average Bonchev–Trinajstić information content (AvgIpc) is 2.31. The number of nitrogens with one attached hydrogen (secondary N) is 1.